The Hall–Kier alpha value is -2.76. The SMILES string of the molecule is C=CCNc1nccc(NCc2ccc3c(c2)OCO3)n1. The summed E-state index contributed by atoms with van der Waals surface area (Å²) >= 11 is 0. The van der Waals surface area contributed by atoms with Crippen molar-refractivity contribution < 1.29 is 9.47 Å². The molecule has 0 amide bonds. The van der Waals surface area contributed by atoms with Crippen LogP contribution in [-0.2, 0) is 6.54 Å². The molecule has 0 radical (unpaired) electrons. The number of nitrogens with zero attached hydrogens (tertiary/aromatic N) is 2. The van der Waals surface area contributed by atoms with E-state index in [4.69, 9.17) is 9.47 Å². The molecule has 21 heavy (non-hydrogen) atoms. The Bertz CT molecular complexity index is 645. The Morgan fingerprint density at radius 2 is 2.10 bits per heavy atom. The molecule has 0 spiro atoms. The van der Waals surface area contributed by atoms with E-state index in [2.05, 4.69) is 27.2 Å². The first-order valence-corrected chi connectivity index (χ1v) is 6.65. The van der Waals surface area contributed by atoms with Gasteiger partial charge in [-0.25, -0.2) is 4.98 Å². The van der Waals surface area contributed by atoms with E-state index in [1.165, 1.54) is 0 Å². The maximum absolute atomic E-state index is 5.36. The van der Waals surface area contributed by atoms with E-state index in [-0.39, 0.29) is 6.79 Å². The van der Waals surface area contributed by atoms with Gasteiger partial charge in [-0.2, -0.15) is 4.98 Å². The average molecular weight is 284 g/mol. The summed E-state index contributed by atoms with van der Waals surface area (Å²) in [5.41, 5.74) is 1.10. The van der Waals surface area contributed by atoms with Crippen LogP contribution in [0.4, 0.5) is 11.8 Å². The van der Waals surface area contributed by atoms with E-state index in [0.29, 0.717) is 19.0 Å². The lowest BCUT2D eigenvalue weighted by atomic mass is 10.2. The van der Waals surface area contributed by atoms with Gasteiger partial charge < -0.3 is 20.1 Å². The fraction of sp³-hybridized carbons (Fsp3) is 0.200. The second kappa shape index (κ2) is 6.13. The fourth-order valence-electron chi connectivity index (χ4n) is 1.95. The van der Waals surface area contributed by atoms with Crippen molar-refractivity contribution in [3.63, 3.8) is 0 Å². The van der Waals surface area contributed by atoms with Crippen LogP contribution in [0.15, 0.2) is 43.1 Å². The predicted molar refractivity (Wildman–Crippen MR) is 80.6 cm³/mol. The highest BCUT2D eigenvalue weighted by molar-refractivity contribution is 5.46. The van der Waals surface area contributed by atoms with Crippen molar-refractivity contribution in [2.75, 3.05) is 24.0 Å². The molecule has 0 unspecified atom stereocenters. The van der Waals surface area contributed by atoms with Gasteiger partial charge in [-0.1, -0.05) is 12.1 Å². The highest BCUT2D eigenvalue weighted by Crippen LogP contribution is 2.32. The number of hydrogen-bond acceptors (Lipinski definition) is 6. The molecule has 1 aromatic carbocycles. The molecule has 0 saturated carbocycles. The molecule has 2 heterocycles. The summed E-state index contributed by atoms with van der Waals surface area (Å²) < 4.78 is 10.6. The lowest BCUT2D eigenvalue weighted by Crippen LogP contribution is -2.06. The Labute approximate surface area is 122 Å². The van der Waals surface area contributed by atoms with Crippen molar-refractivity contribution in [2.24, 2.45) is 0 Å². The molecular formula is C15H16N4O2. The molecule has 0 saturated heterocycles. The molecule has 3 rings (SSSR count). The van der Waals surface area contributed by atoms with Gasteiger partial charge in [-0.15, -0.1) is 6.58 Å². The topological polar surface area (TPSA) is 68.3 Å². The molecule has 1 aliphatic rings. The number of benzene rings is 1. The molecule has 1 aromatic heterocycles. The average Bonchev–Trinajstić information content (AvgIpc) is 2.99. The molecule has 0 fully saturated rings. The highest BCUT2D eigenvalue weighted by atomic mass is 16.7. The second-order valence-corrected chi connectivity index (χ2v) is 4.48. The Balaban J connectivity index is 1.63. The number of anilines is 2. The first kappa shape index (κ1) is 13.2. The molecule has 0 atom stereocenters. The van der Waals surface area contributed by atoms with E-state index in [1.807, 2.05) is 24.3 Å². The van der Waals surface area contributed by atoms with Crippen LogP contribution in [0.2, 0.25) is 0 Å². The van der Waals surface area contributed by atoms with Gasteiger partial charge in [-0.3, -0.25) is 0 Å². The third kappa shape index (κ3) is 3.22. The molecule has 2 aromatic rings. The minimum atomic E-state index is 0.288. The van der Waals surface area contributed by atoms with Crippen LogP contribution >= 0.6 is 0 Å². The van der Waals surface area contributed by atoms with E-state index < -0.39 is 0 Å². The molecule has 0 bridgehead atoms. The molecule has 6 heteroatoms. The van der Waals surface area contributed by atoms with Crippen LogP contribution in [0.3, 0.4) is 0 Å². The number of fused-ring (bicyclic) bond motifs is 1. The number of rotatable bonds is 6. The minimum absolute atomic E-state index is 0.288. The predicted octanol–water partition coefficient (Wildman–Crippen LogP) is 2.42. The first-order chi connectivity index (χ1) is 10.3. The summed E-state index contributed by atoms with van der Waals surface area (Å²) in [5.74, 6) is 2.90. The highest BCUT2D eigenvalue weighted by Gasteiger charge is 2.12. The Morgan fingerprint density at radius 3 is 3.00 bits per heavy atom. The van der Waals surface area contributed by atoms with Crippen LogP contribution in [0.1, 0.15) is 5.56 Å². The third-order valence-corrected chi connectivity index (χ3v) is 2.97. The zero-order valence-electron chi connectivity index (χ0n) is 11.5. The van der Waals surface area contributed by atoms with Gasteiger partial charge in [0.25, 0.3) is 0 Å². The third-order valence-electron chi connectivity index (χ3n) is 2.97. The normalized spacial score (nSPS) is 12.0. The van der Waals surface area contributed by atoms with Crippen LogP contribution in [0, 0.1) is 0 Å². The van der Waals surface area contributed by atoms with E-state index >= 15 is 0 Å². The lowest BCUT2D eigenvalue weighted by Gasteiger charge is -2.08. The number of ether oxygens (including phenoxy) is 2. The second-order valence-electron chi connectivity index (χ2n) is 4.48. The van der Waals surface area contributed by atoms with Crippen molar-refractivity contribution >= 4 is 11.8 Å². The van der Waals surface area contributed by atoms with Gasteiger partial charge >= 0.3 is 0 Å². The molecular weight excluding hydrogens is 268 g/mol. The van der Waals surface area contributed by atoms with E-state index in [1.54, 1.807) is 12.3 Å². The summed E-state index contributed by atoms with van der Waals surface area (Å²) in [6.45, 7) is 5.21. The van der Waals surface area contributed by atoms with Crippen molar-refractivity contribution in [2.45, 2.75) is 6.54 Å². The smallest absolute Gasteiger partial charge is 0.231 e. The van der Waals surface area contributed by atoms with Crippen molar-refractivity contribution in [1.82, 2.24) is 9.97 Å². The van der Waals surface area contributed by atoms with Crippen LogP contribution in [0.25, 0.3) is 0 Å². The summed E-state index contributed by atoms with van der Waals surface area (Å²) in [4.78, 5) is 8.49. The maximum Gasteiger partial charge on any atom is 0.231 e. The zero-order chi connectivity index (χ0) is 14.5. The zero-order valence-corrected chi connectivity index (χ0v) is 11.5. The summed E-state index contributed by atoms with van der Waals surface area (Å²) in [6, 6.07) is 7.70. The molecule has 6 nitrogen and oxygen atoms in total. The maximum atomic E-state index is 5.36. The standard InChI is InChI=1S/C15H16N4O2/c1-2-6-16-15-17-7-5-14(19-15)18-9-11-3-4-12-13(8-11)21-10-20-12/h2-5,7-8H,1,6,9-10H2,(H2,16,17,18,19). The van der Waals surface area contributed by atoms with Gasteiger partial charge in [0.15, 0.2) is 11.5 Å². The molecule has 2 N–H and O–H groups in total. The number of aromatic nitrogens is 2. The molecule has 108 valence electrons. The van der Waals surface area contributed by atoms with Crippen LogP contribution in [-0.4, -0.2) is 23.3 Å². The van der Waals surface area contributed by atoms with Crippen molar-refractivity contribution in [3.05, 3.63) is 48.7 Å². The van der Waals surface area contributed by atoms with Gasteiger partial charge in [0, 0.05) is 19.3 Å². The lowest BCUT2D eigenvalue weighted by molar-refractivity contribution is 0.174. The van der Waals surface area contributed by atoms with E-state index in [9.17, 15) is 0 Å². The summed E-state index contributed by atoms with van der Waals surface area (Å²) in [6.07, 6.45) is 3.47. The minimum Gasteiger partial charge on any atom is -0.454 e. The van der Waals surface area contributed by atoms with Crippen molar-refractivity contribution in [1.29, 1.82) is 0 Å². The van der Waals surface area contributed by atoms with Crippen LogP contribution < -0.4 is 20.1 Å². The number of nitrogens with one attached hydrogen (secondary N) is 2. The Morgan fingerprint density at radius 1 is 1.19 bits per heavy atom. The quantitative estimate of drug-likeness (QED) is 0.794. The van der Waals surface area contributed by atoms with Crippen LogP contribution in [0.5, 0.6) is 11.5 Å². The molecule has 0 aliphatic carbocycles. The van der Waals surface area contributed by atoms with E-state index in [0.717, 1.165) is 22.9 Å². The summed E-state index contributed by atoms with van der Waals surface area (Å²) in [7, 11) is 0. The molecule has 1 aliphatic heterocycles. The Kier molecular flexibility index (Phi) is 3.86. The monoisotopic (exact) mass is 284 g/mol. The van der Waals surface area contributed by atoms with Crippen molar-refractivity contribution in [3.8, 4) is 11.5 Å². The van der Waals surface area contributed by atoms with Gasteiger partial charge in [0.05, 0.1) is 0 Å². The fourth-order valence-corrected chi connectivity index (χ4v) is 1.95. The summed E-state index contributed by atoms with van der Waals surface area (Å²) in [5, 5.41) is 6.31. The first-order valence-electron chi connectivity index (χ1n) is 6.65. The largest absolute Gasteiger partial charge is 0.454 e. The van der Waals surface area contributed by atoms with Gasteiger partial charge in [0.1, 0.15) is 5.82 Å². The number of hydrogen-bond donors (Lipinski definition) is 2. The van der Waals surface area contributed by atoms with Gasteiger partial charge in [-0.05, 0) is 23.8 Å². The van der Waals surface area contributed by atoms with Gasteiger partial charge in [0.2, 0.25) is 12.7 Å².